The zero-order valence-electron chi connectivity index (χ0n) is 22.6. The Morgan fingerprint density at radius 1 is 1.00 bits per heavy atom. The number of hydrogen-bond donors (Lipinski definition) is 0. The maximum Gasteiger partial charge on any atom is 0.416 e. The van der Waals surface area contributed by atoms with Gasteiger partial charge in [0.25, 0.3) is 11.1 Å². The molecule has 3 aromatic rings. The third-order valence-corrected chi connectivity index (χ3v) is 8.40. The van der Waals surface area contributed by atoms with E-state index in [1.54, 1.807) is 4.90 Å². The Labute approximate surface area is 261 Å². The van der Waals surface area contributed by atoms with Gasteiger partial charge < -0.3 is 14.5 Å². The number of piperazine rings is 1. The first-order valence-electron chi connectivity index (χ1n) is 13.1. The Morgan fingerprint density at radius 2 is 1.68 bits per heavy atom. The Hall–Kier alpha value is -4.37. The molecule has 2 saturated heterocycles. The number of carbonyl (C=O) groups is 3. The third-order valence-electron chi connectivity index (χ3n) is 6.88. The fraction of sp³-hybridized carbons (Fsp3) is 0.207. The number of thioether (sulfide) groups is 1. The van der Waals surface area contributed by atoms with E-state index in [1.165, 1.54) is 24.3 Å². The molecule has 0 atom stereocenters. The molecule has 2 fully saturated rings. The van der Waals surface area contributed by atoms with Gasteiger partial charge in [-0.1, -0.05) is 24.3 Å². The van der Waals surface area contributed by atoms with Gasteiger partial charge in [-0.15, -0.1) is 0 Å². The summed E-state index contributed by atoms with van der Waals surface area (Å²) < 4.78 is 44.8. The number of nitro groups is 1. The minimum atomic E-state index is -4.77. The van der Waals surface area contributed by atoms with Gasteiger partial charge in [0.2, 0.25) is 11.7 Å². The molecular weight excluding hydrogens is 669 g/mol. The van der Waals surface area contributed by atoms with Gasteiger partial charge in [0.15, 0.2) is 0 Å². The van der Waals surface area contributed by atoms with Gasteiger partial charge in [0, 0.05) is 37.9 Å². The van der Waals surface area contributed by atoms with Crippen LogP contribution < -0.4 is 9.64 Å². The Bertz CT molecular complexity index is 1660. The van der Waals surface area contributed by atoms with E-state index in [4.69, 9.17) is 4.74 Å². The second-order valence-corrected chi connectivity index (χ2v) is 11.5. The maximum atomic E-state index is 13.0. The van der Waals surface area contributed by atoms with Gasteiger partial charge in [0.05, 0.1) is 19.9 Å². The van der Waals surface area contributed by atoms with Crippen molar-refractivity contribution in [2.45, 2.75) is 6.18 Å². The topological polar surface area (TPSA) is 113 Å². The van der Waals surface area contributed by atoms with Crippen LogP contribution in [0, 0.1) is 10.1 Å². The van der Waals surface area contributed by atoms with Crippen molar-refractivity contribution in [1.29, 1.82) is 0 Å². The van der Waals surface area contributed by atoms with Gasteiger partial charge in [-0.2, -0.15) is 13.2 Å². The Balaban J connectivity index is 1.23. The molecular formula is C29H22BrF3N4O6S. The molecule has 2 heterocycles. The normalized spacial score (nSPS) is 16.5. The highest BCUT2D eigenvalue weighted by Crippen LogP contribution is 2.40. The van der Waals surface area contributed by atoms with Crippen LogP contribution >= 0.6 is 27.7 Å². The molecule has 0 unspecified atom stereocenters. The summed E-state index contributed by atoms with van der Waals surface area (Å²) in [7, 11) is 0. The van der Waals surface area contributed by atoms with Crippen molar-refractivity contribution in [3.8, 4) is 11.5 Å². The highest BCUT2D eigenvalue weighted by molar-refractivity contribution is 9.10. The number of anilines is 1. The van der Waals surface area contributed by atoms with E-state index in [0.717, 1.165) is 16.7 Å². The first kappa shape index (κ1) is 31.1. The highest BCUT2D eigenvalue weighted by atomic mass is 79.9. The summed E-state index contributed by atoms with van der Waals surface area (Å²) in [5.41, 5.74) is -0.535. The van der Waals surface area contributed by atoms with E-state index in [-0.39, 0.29) is 27.6 Å². The van der Waals surface area contributed by atoms with E-state index >= 15 is 0 Å². The lowest BCUT2D eigenvalue weighted by molar-refractivity contribution is -0.385. The number of alkyl halides is 3. The average Bonchev–Trinajstić information content (AvgIpc) is 3.25. The summed E-state index contributed by atoms with van der Waals surface area (Å²) in [6, 6.07) is 16.2. The fourth-order valence-electron chi connectivity index (χ4n) is 4.61. The molecule has 10 nitrogen and oxygen atoms in total. The van der Waals surface area contributed by atoms with E-state index < -0.39 is 39.2 Å². The summed E-state index contributed by atoms with van der Waals surface area (Å²) in [6.07, 6.45) is -3.32. The molecule has 5 rings (SSSR count). The summed E-state index contributed by atoms with van der Waals surface area (Å²) in [6.45, 7) is 1.78. The highest BCUT2D eigenvalue weighted by Gasteiger charge is 2.38. The standard InChI is InChI=1S/C29H22BrF3N4O6S/c30-21-14-18(6-8-23(21)43-24-9-7-19(29(31,32)33)16-22(24)37(41)42)15-25-27(39)36(28(40)44-25)17-26(38)35-12-10-34(11-13-35)20-4-2-1-3-5-20/h1-9,14-16H,10-13,17H2/b25-15+. The molecule has 3 amide bonds. The number of amides is 3. The van der Waals surface area contributed by atoms with Gasteiger partial charge in [-0.25, -0.2) is 0 Å². The lowest BCUT2D eigenvalue weighted by Gasteiger charge is -2.36. The largest absolute Gasteiger partial charge is 0.449 e. The molecule has 15 heteroatoms. The van der Waals surface area contributed by atoms with Crippen LogP contribution in [-0.4, -0.2) is 64.5 Å². The lowest BCUT2D eigenvalue weighted by Crippen LogP contribution is -2.51. The SMILES string of the molecule is O=C(CN1C(=O)S/C(=C/c2ccc(Oc3ccc(C(F)(F)F)cc3[N+](=O)[O-])c(Br)c2)C1=O)N1CCN(c2ccccc2)CC1. The van der Waals surface area contributed by atoms with E-state index in [0.29, 0.717) is 55.6 Å². The molecule has 0 N–H and O–H groups in total. The van der Waals surface area contributed by atoms with Crippen molar-refractivity contribution < 1.29 is 37.2 Å². The summed E-state index contributed by atoms with van der Waals surface area (Å²) >= 11 is 3.96. The monoisotopic (exact) mass is 690 g/mol. The summed E-state index contributed by atoms with van der Waals surface area (Å²) in [4.78, 5) is 53.8. The number of nitro benzene ring substituents is 1. The van der Waals surface area contributed by atoms with Crippen LogP contribution in [0.2, 0.25) is 0 Å². The van der Waals surface area contributed by atoms with Gasteiger partial charge >= 0.3 is 11.9 Å². The molecule has 2 aliphatic rings. The number of rotatable bonds is 7. The van der Waals surface area contributed by atoms with Crippen LogP contribution in [0.5, 0.6) is 11.5 Å². The van der Waals surface area contributed by atoms with Crippen molar-refractivity contribution in [2.24, 2.45) is 0 Å². The zero-order valence-corrected chi connectivity index (χ0v) is 25.0. The number of ether oxygens (including phenoxy) is 1. The molecule has 0 radical (unpaired) electrons. The predicted octanol–water partition coefficient (Wildman–Crippen LogP) is 6.55. The molecule has 228 valence electrons. The predicted molar refractivity (Wildman–Crippen MR) is 160 cm³/mol. The number of benzene rings is 3. The smallest absolute Gasteiger partial charge is 0.416 e. The Morgan fingerprint density at radius 3 is 2.32 bits per heavy atom. The minimum absolute atomic E-state index is 0.0658. The second-order valence-electron chi connectivity index (χ2n) is 9.70. The minimum Gasteiger partial charge on any atom is -0.449 e. The molecule has 0 spiro atoms. The van der Waals surface area contributed by atoms with Crippen molar-refractivity contribution in [1.82, 2.24) is 9.80 Å². The molecule has 0 aromatic heterocycles. The number of para-hydroxylation sites is 1. The number of carbonyl (C=O) groups excluding carboxylic acids is 3. The van der Waals surface area contributed by atoms with Crippen molar-refractivity contribution in [3.05, 3.63) is 97.3 Å². The van der Waals surface area contributed by atoms with Gasteiger partial charge in [-0.05, 0) is 75.7 Å². The molecule has 3 aromatic carbocycles. The first-order chi connectivity index (χ1) is 20.9. The molecule has 0 saturated carbocycles. The number of halogens is 4. The molecule has 0 bridgehead atoms. The maximum absolute atomic E-state index is 13.0. The lowest BCUT2D eigenvalue weighted by atomic mass is 10.1. The number of nitrogens with zero attached hydrogens (tertiary/aromatic N) is 4. The molecule has 2 aliphatic heterocycles. The molecule has 44 heavy (non-hydrogen) atoms. The van der Waals surface area contributed by atoms with Crippen molar-refractivity contribution in [3.63, 3.8) is 0 Å². The van der Waals surface area contributed by atoms with E-state index in [2.05, 4.69) is 20.8 Å². The first-order valence-corrected chi connectivity index (χ1v) is 14.7. The van der Waals surface area contributed by atoms with Crippen LogP contribution in [0.15, 0.2) is 76.1 Å². The zero-order chi connectivity index (χ0) is 31.6. The van der Waals surface area contributed by atoms with Crippen molar-refractivity contribution in [2.75, 3.05) is 37.6 Å². The molecule has 0 aliphatic carbocycles. The van der Waals surface area contributed by atoms with Crippen LogP contribution in [0.25, 0.3) is 6.08 Å². The van der Waals surface area contributed by atoms with Crippen LogP contribution in [0.1, 0.15) is 11.1 Å². The number of imide groups is 1. The van der Waals surface area contributed by atoms with Gasteiger partial charge in [-0.3, -0.25) is 29.4 Å². The average molecular weight is 691 g/mol. The van der Waals surface area contributed by atoms with Crippen LogP contribution in [-0.2, 0) is 15.8 Å². The van der Waals surface area contributed by atoms with E-state index in [1.807, 2.05) is 30.3 Å². The van der Waals surface area contributed by atoms with E-state index in [9.17, 15) is 37.7 Å². The van der Waals surface area contributed by atoms with Crippen LogP contribution in [0.4, 0.5) is 29.3 Å². The summed E-state index contributed by atoms with van der Waals surface area (Å²) in [5.74, 6) is -1.28. The Kier molecular flexibility index (Phi) is 8.97. The number of hydrogen-bond acceptors (Lipinski definition) is 8. The van der Waals surface area contributed by atoms with Gasteiger partial charge in [0.1, 0.15) is 12.3 Å². The third kappa shape index (κ3) is 6.89. The van der Waals surface area contributed by atoms with Crippen molar-refractivity contribution >= 4 is 62.2 Å². The second kappa shape index (κ2) is 12.7. The fourth-order valence-corrected chi connectivity index (χ4v) is 5.92. The van der Waals surface area contributed by atoms with Crippen LogP contribution in [0.3, 0.4) is 0 Å². The summed E-state index contributed by atoms with van der Waals surface area (Å²) in [5, 5.41) is 10.8. The quantitative estimate of drug-likeness (QED) is 0.156.